The van der Waals surface area contributed by atoms with Crippen LogP contribution in [0.25, 0.3) is 22.7 Å². The number of hydrogen-bond acceptors (Lipinski definition) is 2. The van der Waals surface area contributed by atoms with Crippen molar-refractivity contribution in [2.45, 2.75) is 79.1 Å². The van der Waals surface area contributed by atoms with E-state index in [0.717, 1.165) is 11.3 Å². The lowest BCUT2D eigenvalue weighted by Crippen LogP contribution is -3.00. The molecule has 0 fully saturated rings. The van der Waals surface area contributed by atoms with Crippen LogP contribution in [-0.4, -0.2) is 14.5 Å². The predicted molar refractivity (Wildman–Crippen MR) is 137 cm³/mol. The van der Waals surface area contributed by atoms with Crippen LogP contribution in [0, 0.1) is 0 Å². The molecule has 0 spiro atoms. The third kappa shape index (κ3) is 4.48. The molecule has 4 aromatic rings. The standard InChI is InChI=1S/C29H37N4.ClH/c1-18(2)22-11-9-12-23(19(3)4)26(22)32-17-33(29-28(32)30-15-16-31-29)27-24(20(5)6)13-10-14-25(27)21(7)8;/h9-21H,1-8H3;1H/q+1;/p-1. The van der Waals surface area contributed by atoms with Crippen LogP contribution in [0.4, 0.5) is 0 Å². The minimum atomic E-state index is 0. The number of nitrogens with zero attached hydrogens (tertiary/aromatic N) is 4. The Morgan fingerprint density at radius 1 is 0.647 bits per heavy atom. The van der Waals surface area contributed by atoms with E-state index < -0.39 is 0 Å². The number of hydrogen-bond donors (Lipinski definition) is 0. The molecule has 0 aliphatic rings. The number of fused-ring (bicyclic) bond motifs is 1. The summed E-state index contributed by atoms with van der Waals surface area (Å²) in [6, 6.07) is 13.4. The molecular formula is C29H37ClN4. The van der Waals surface area contributed by atoms with Crippen molar-refractivity contribution in [2.75, 3.05) is 0 Å². The van der Waals surface area contributed by atoms with Crippen molar-refractivity contribution in [2.24, 2.45) is 0 Å². The molecule has 180 valence electrons. The van der Waals surface area contributed by atoms with Crippen LogP contribution in [0.5, 0.6) is 0 Å². The molecule has 0 aliphatic heterocycles. The molecule has 0 amide bonds. The zero-order chi connectivity index (χ0) is 23.9. The van der Waals surface area contributed by atoms with Gasteiger partial charge in [-0.3, -0.25) is 0 Å². The van der Waals surface area contributed by atoms with Gasteiger partial charge in [-0.2, -0.15) is 4.57 Å². The highest BCUT2D eigenvalue weighted by Crippen LogP contribution is 2.34. The van der Waals surface area contributed by atoms with Crippen molar-refractivity contribution in [3.8, 4) is 11.4 Å². The van der Waals surface area contributed by atoms with Crippen molar-refractivity contribution in [3.05, 3.63) is 77.4 Å². The minimum Gasteiger partial charge on any atom is -1.00 e. The number of rotatable bonds is 6. The van der Waals surface area contributed by atoms with Gasteiger partial charge in [0.25, 0.3) is 5.65 Å². The van der Waals surface area contributed by atoms with Gasteiger partial charge in [0.15, 0.2) is 0 Å². The first-order chi connectivity index (χ1) is 15.7. The lowest BCUT2D eigenvalue weighted by atomic mass is 9.92. The number of halogens is 1. The second-order valence-electron chi connectivity index (χ2n) is 10.2. The second kappa shape index (κ2) is 10.3. The van der Waals surface area contributed by atoms with Crippen molar-refractivity contribution in [1.82, 2.24) is 14.5 Å². The highest BCUT2D eigenvalue weighted by molar-refractivity contribution is 5.68. The molecule has 0 saturated carbocycles. The van der Waals surface area contributed by atoms with E-state index in [1.165, 1.54) is 33.6 Å². The van der Waals surface area contributed by atoms with Gasteiger partial charge in [0.2, 0.25) is 6.33 Å². The largest absolute Gasteiger partial charge is 1.00 e. The van der Waals surface area contributed by atoms with E-state index in [4.69, 9.17) is 9.97 Å². The Morgan fingerprint density at radius 2 is 1.09 bits per heavy atom. The van der Waals surface area contributed by atoms with Crippen LogP contribution in [0.2, 0.25) is 0 Å². The Hall–Kier alpha value is -2.72. The summed E-state index contributed by atoms with van der Waals surface area (Å²) in [5, 5.41) is 0. The third-order valence-electron chi connectivity index (χ3n) is 6.51. The topological polar surface area (TPSA) is 34.6 Å². The van der Waals surface area contributed by atoms with Crippen LogP contribution in [-0.2, 0) is 0 Å². The lowest BCUT2D eigenvalue weighted by molar-refractivity contribution is -0.571. The molecule has 4 rings (SSSR count). The van der Waals surface area contributed by atoms with Crippen LogP contribution in [0.15, 0.2) is 55.1 Å². The molecule has 4 nitrogen and oxygen atoms in total. The average Bonchev–Trinajstić information content (AvgIpc) is 3.16. The Kier molecular flexibility index (Phi) is 7.82. The molecule has 0 bridgehead atoms. The highest BCUT2D eigenvalue weighted by Gasteiger charge is 2.28. The van der Waals surface area contributed by atoms with E-state index in [1.54, 1.807) is 12.4 Å². The fourth-order valence-electron chi connectivity index (χ4n) is 4.80. The van der Waals surface area contributed by atoms with E-state index in [-0.39, 0.29) is 12.4 Å². The maximum absolute atomic E-state index is 4.83. The summed E-state index contributed by atoms with van der Waals surface area (Å²) in [7, 11) is 0. The van der Waals surface area contributed by atoms with Crippen LogP contribution in [0.3, 0.4) is 0 Å². The van der Waals surface area contributed by atoms with Crippen molar-refractivity contribution in [3.63, 3.8) is 0 Å². The van der Waals surface area contributed by atoms with Gasteiger partial charge in [-0.25, -0.2) is 9.55 Å². The van der Waals surface area contributed by atoms with Gasteiger partial charge in [-0.15, -0.1) is 4.98 Å². The molecule has 5 heteroatoms. The zero-order valence-electron chi connectivity index (χ0n) is 21.7. The summed E-state index contributed by atoms with van der Waals surface area (Å²) < 4.78 is 4.54. The lowest BCUT2D eigenvalue weighted by Gasteiger charge is -2.18. The number of imidazole rings is 1. The molecular weight excluding hydrogens is 440 g/mol. The fraction of sp³-hybridized carbons (Fsp3) is 0.414. The first-order valence-electron chi connectivity index (χ1n) is 12.2. The van der Waals surface area contributed by atoms with Crippen molar-refractivity contribution < 1.29 is 17.0 Å². The smallest absolute Gasteiger partial charge is 0.327 e. The SMILES string of the molecule is CC(C)c1cccc(C(C)C)c1-n1c[n+](-c2c(C(C)C)cccc2C(C)C)c2nccnc21.[Cl-]. The number of para-hydroxylation sites is 2. The summed E-state index contributed by atoms with van der Waals surface area (Å²) in [5.41, 5.74) is 9.57. The molecule has 0 saturated heterocycles. The quantitative estimate of drug-likeness (QED) is 0.391. The third-order valence-corrected chi connectivity index (χ3v) is 6.51. The minimum absolute atomic E-state index is 0. The molecule has 0 aliphatic carbocycles. The van der Waals surface area contributed by atoms with E-state index >= 15 is 0 Å². The van der Waals surface area contributed by atoms with E-state index in [9.17, 15) is 0 Å². The van der Waals surface area contributed by atoms with Crippen molar-refractivity contribution in [1.29, 1.82) is 0 Å². The van der Waals surface area contributed by atoms with Gasteiger partial charge in [-0.1, -0.05) is 91.8 Å². The fourth-order valence-corrected chi connectivity index (χ4v) is 4.80. The predicted octanol–water partition coefficient (Wildman–Crippen LogP) is 4.19. The van der Waals surface area contributed by atoms with E-state index in [2.05, 4.69) is 107 Å². The molecule has 2 aromatic carbocycles. The summed E-state index contributed by atoms with van der Waals surface area (Å²) in [6.07, 6.45) is 5.81. The van der Waals surface area contributed by atoms with Crippen LogP contribution < -0.4 is 17.0 Å². The maximum Gasteiger partial charge on any atom is 0.327 e. The Morgan fingerprint density at radius 3 is 1.56 bits per heavy atom. The van der Waals surface area contributed by atoms with Crippen LogP contribution in [0.1, 0.15) is 101 Å². The average molecular weight is 477 g/mol. The summed E-state index contributed by atoms with van der Waals surface area (Å²) >= 11 is 0. The monoisotopic (exact) mass is 476 g/mol. The molecule has 0 N–H and O–H groups in total. The molecule has 2 heterocycles. The van der Waals surface area contributed by atoms with Gasteiger partial charge in [0, 0.05) is 0 Å². The second-order valence-corrected chi connectivity index (χ2v) is 10.2. The van der Waals surface area contributed by atoms with E-state index in [1.807, 2.05) is 0 Å². The Labute approximate surface area is 210 Å². The number of benzene rings is 2. The Balaban J connectivity index is 0.00000324. The normalized spacial score (nSPS) is 11.8. The zero-order valence-corrected chi connectivity index (χ0v) is 22.4. The first kappa shape index (κ1) is 25.9. The van der Waals surface area contributed by atoms with Gasteiger partial charge >= 0.3 is 5.65 Å². The summed E-state index contributed by atoms with van der Waals surface area (Å²) in [5.74, 6) is 1.59. The van der Waals surface area contributed by atoms with E-state index in [0.29, 0.717) is 23.7 Å². The Bertz CT molecular complexity index is 1130. The van der Waals surface area contributed by atoms with Crippen molar-refractivity contribution >= 4 is 11.3 Å². The van der Waals surface area contributed by atoms with Crippen LogP contribution >= 0.6 is 0 Å². The molecule has 0 radical (unpaired) electrons. The van der Waals surface area contributed by atoms with Gasteiger partial charge in [-0.05, 0) is 45.9 Å². The van der Waals surface area contributed by atoms with Gasteiger partial charge < -0.3 is 12.4 Å². The summed E-state index contributed by atoms with van der Waals surface area (Å²) in [6.45, 7) is 18.1. The first-order valence-corrected chi connectivity index (χ1v) is 12.2. The van der Waals surface area contributed by atoms with Gasteiger partial charge in [0.1, 0.15) is 17.6 Å². The maximum atomic E-state index is 4.83. The molecule has 2 aromatic heterocycles. The molecule has 0 atom stereocenters. The number of aromatic nitrogens is 4. The summed E-state index contributed by atoms with van der Waals surface area (Å²) in [4.78, 5) is 9.67. The molecule has 34 heavy (non-hydrogen) atoms. The van der Waals surface area contributed by atoms with Gasteiger partial charge in [0.05, 0.1) is 6.20 Å². The molecule has 0 unspecified atom stereocenters. The highest BCUT2D eigenvalue weighted by atomic mass is 35.5.